The van der Waals surface area contributed by atoms with Gasteiger partial charge in [0.1, 0.15) is 0 Å². The van der Waals surface area contributed by atoms with E-state index >= 15 is 0 Å². The largest absolute Gasteiger partial charge is 0.396 e. The maximum atomic E-state index is 9.67. The molecule has 3 N–H and O–H groups in total. The van der Waals surface area contributed by atoms with E-state index in [1.165, 1.54) is 38.5 Å². The van der Waals surface area contributed by atoms with Crippen LogP contribution in [0.15, 0.2) is 0 Å². The van der Waals surface area contributed by atoms with Crippen molar-refractivity contribution in [2.75, 3.05) is 13.2 Å². The van der Waals surface area contributed by atoms with Crippen LogP contribution in [-0.4, -0.2) is 18.3 Å². The van der Waals surface area contributed by atoms with E-state index in [4.69, 9.17) is 5.73 Å². The fourth-order valence-electron chi connectivity index (χ4n) is 3.35. The number of hydrogen-bond donors (Lipinski definition) is 2. The molecule has 0 saturated heterocycles. The van der Waals surface area contributed by atoms with Gasteiger partial charge in [-0.3, -0.25) is 0 Å². The molecule has 0 amide bonds. The van der Waals surface area contributed by atoms with E-state index in [9.17, 15) is 5.11 Å². The van der Waals surface area contributed by atoms with Gasteiger partial charge in [-0.2, -0.15) is 0 Å². The molecule has 1 rings (SSSR count). The van der Waals surface area contributed by atoms with Crippen LogP contribution in [0.1, 0.15) is 65.2 Å². The molecular weight excluding hydrogens is 210 g/mol. The second-order valence-electron chi connectivity index (χ2n) is 6.50. The first-order valence-corrected chi connectivity index (χ1v) is 7.43. The molecule has 1 aliphatic carbocycles. The smallest absolute Gasteiger partial charge is 0.0499 e. The summed E-state index contributed by atoms with van der Waals surface area (Å²) >= 11 is 0. The summed E-state index contributed by atoms with van der Waals surface area (Å²) in [4.78, 5) is 0. The summed E-state index contributed by atoms with van der Waals surface area (Å²) in [7, 11) is 0. The highest BCUT2D eigenvalue weighted by Gasteiger charge is 2.29. The molecule has 0 aromatic carbocycles. The van der Waals surface area contributed by atoms with E-state index in [1.807, 2.05) is 0 Å². The lowest BCUT2D eigenvalue weighted by Gasteiger charge is -2.34. The van der Waals surface area contributed by atoms with Crippen molar-refractivity contribution in [3.8, 4) is 0 Å². The van der Waals surface area contributed by atoms with Gasteiger partial charge >= 0.3 is 0 Å². The average molecular weight is 241 g/mol. The lowest BCUT2D eigenvalue weighted by Crippen LogP contribution is -2.36. The predicted molar refractivity (Wildman–Crippen MR) is 73.8 cm³/mol. The van der Waals surface area contributed by atoms with Crippen LogP contribution in [0.25, 0.3) is 0 Å². The minimum Gasteiger partial charge on any atom is -0.396 e. The molecule has 2 heteroatoms. The molecule has 0 heterocycles. The number of aliphatic hydroxyl groups excluding tert-OH is 1. The van der Waals surface area contributed by atoms with E-state index in [-0.39, 0.29) is 12.0 Å². The molecule has 1 fully saturated rings. The first-order valence-electron chi connectivity index (χ1n) is 7.43. The Hall–Kier alpha value is -0.0800. The Labute approximate surface area is 107 Å². The van der Waals surface area contributed by atoms with Crippen molar-refractivity contribution in [2.45, 2.75) is 65.2 Å². The maximum absolute atomic E-state index is 9.67. The zero-order valence-electron chi connectivity index (χ0n) is 11.8. The molecule has 0 aliphatic heterocycles. The zero-order chi connectivity index (χ0) is 12.7. The van der Waals surface area contributed by atoms with E-state index in [0.717, 1.165) is 18.8 Å². The second kappa shape index (κ2) is 7.38. The SMILES string of the molecule is CC(C)CC(CN)(CO)CCC1CCCCC1. The van der Waals surface area contributed by atoms with E-state index in [2.05, 4.69) is 13.8 Å². The molecule has 1 atom stereocenters. The normalized spacial score (nSPS) is 21.7. The molecule has 0 aromatic rings. The monoisotopic (exact) mass is 241 g/mol. The third-order valence-corrected chi connectivity index (χ3v) is 4.42. The van der Waals surface area contributed by atoms with Crippen LogP contribution in [0.2, 0.25) is 0 Å². The van der Waals surface area contributed by atoms with Gasteiger partial charge in [0.2, 0.25) is 0 Å². The van der Waals surface area contributed by atoms with Crippen molar-refractivity contribution >= 4 is 0 Å². The van der Waals surface area contributed by atoms with Crippen molar-refractivity contribution in [1.29, 1.82) is 0 Å². The highest BCUT2D eigenvalue weighted by Crippen LogP contribution is 2.35. The number of aliphatic hydroxyl groups is 1. The van der Waals surface area contributed by atoms with Crippen molar-refractivity contribution in [3.63, 3.8) is 0 Å². The molecule has 102 valence electrons. The topological polar surface area (TPSA) is 46.2 Å². The summed E-state index contributed by atoms with van der Waals surface area (Å²) in [5.41, 5.74) is 5.91. The lowest BCUT2D eigenvalue weighted by molar-refractivity contribution is 0.0883. The molecule has 1 saturated carbocycles. The molecule has 0 bridgehead atoms. The van der Waals surface area contributed by atoms with Gasteiger partial charge < -0.3 is 10.8 Å². The maximum Gasteiger partial charge on any atom is 0.0499 e. The van der Waals surface area contributed by atoms with Crippen LogP contribution in [0, 0.1) is 17.3 Å². The Kier molecular flexibility index (Phi) is 6.50. The minimum atomic E-state index is -0.00832. The van der Waals surface area contributed by atoms with Crippen molar-refractivity contribution < 1.29 is 5.11 Å². The summed E-state index contributed by atoms with van der Waals surface area (Å²) in [5.74, 6) is 1.52. The number of rotatable bonds is 7. The second-order valence-corrected chi connectivity index (χ2v) is 6.50. The summed E-state index contributed by atoms with van der Waals surface area (Å²) in [6, 6.07) is 0. The summed E-state index contributed by atoms with van der Waals surface area (Å²) in [5, 5.41) is 9.67. The van der Waals surface area contributed by atoms with Gasteiger partial charge in [0.25, 0.3) is 0 Å². The third-order valence-electron chi connectivity index (χ3n) is 4.42. The van der Waals surface area contributed by atoms with Crippen LogP contribution < -0.4 is 5.73 Å². The first-order chi connectivity index (χ1) is 8.12. The molecule has 17 heavy (non-hydrogen) atoms. The molecule has 2 nitrogen and oxygen atoms in total. The Morgan fingerprint density at radius 1 is 1.24 bits per heavy atom. The Morgan fingerprint density at radius 3 is 2.35 bits per heavy atom. The standard InChI is InChI=1S/C15H31NO/c1-13(2)10-15(11-16,12-17)9-8-14-6-4-3-5-7-14/h13-14,17H,3-12,16H2,1-2H3. The lowest BCUT2D eigenvalue weighted by atomic mass is 9.74. The third kappa shape index (κ3) is 4.97. The Bertz CT molecular complexity index is 193. The molecule has 1 aliphatic rings. The highest BCUT2D eigenvalue weighted by molar-refractivity contribution is 4.82. The fourth-order valence-corrected chi connectivity index (χ4v) is 3.35. The summed E-state index contributed by atoms with van der Waals surface area (Å²) in [6.45, 7) is 5.34. The van der Waals surface area contributed by atoms with Crippen LogP contribution >= 0.6 is 0 Å². The van der Waals surface area contributed by atoms with Crippen molar-refractivity contribution in [3.05, 3.63) is 0 Å². The Balaban J connectivity index is 2.41. The van der Waals surface area contributed by atoms with Crippen LogP contribution in [0.4, 0.5) is 0 Å². The van der Waals surface area contributed by atoms with Gasteiger partial charge in [0.15, 0.2) is 0 Å². The van der Waals surface area contributed by atoms with Crippen LogP contribution in [-0.2, 0) is 0 Å². The molecule has 0 spiro atoms. The van der Waals surface area contributed by atoms with Crippen LogP contribution in [0.3, 0.4) is 0 Å². The van der Waals surface area contributed by atoms with Gasteiger partial charge in [-0.25, -0.2) is 0 Å². The van der Waals surface area contributed by atoms with Gasteiger partial charge in [-0.1, -0.05) is 46.0 Å². The quantitative estimate of drug-likeness (QED) is 0.718. The van der Waals surface area contributed by atoms with Gasteiger partial charge in [-0.05, 0) is 31.1 Å². The average Bonchev–Trinajstić information content (AvgIpc) is 2.35. The van der Waals surface area contributed by atoms with E-state index in [1.54, 1.807) is 0 Å². The van der Waals surface area contributed by atoms with E-state index in [0.29, 0.717) is 12.5 Å². The fraction of sp³-hybridized carbons (Fsp3) is 1.00. The van der Waals surface area contributed by atoms with Crippen LogP contribution in [0.5, 0.6) is 0 Å². The molecule has 1 unspecified atom stereocenters. The predicted octanol–water partition coefficient (Wildman–Crippen LogP) is 3.33. The van der Waals surface area contributed by atoms with Crippen molar-refractivity contribution in [2.24, 2.45) is 23.0 Å². The number of nitrogens with two attached hydrogens (primary N) is 1. The van der Waals surface area contributed by atoms with Gasteiger partial charge in [0.05, 0.1) is 0 Å². The van der Waals surface area contributed by atoms with Gasteiger partial charge in [0, 0.05) is 18.6 Å². The van der Waals surface area contributed by atoms with Gasteiger partial charge in [-0.15, -0.1) is 0 Å². The van der Waals surface area contributed by atoms with Crippen molar-refractivity contribution in [1.82, 2.24) is 0 Å². The summed E-state index contributed by atoms with van der Waals surface area (Å²) < 4.78 is 0. The zero-order valence-corrected chi connectivity index (χ0v) is 11.8. The molecule has 0 radical (unpaired) electrons. The molecular formula is C15H31NO. The minimum absolute atomic E-state index is 0.00832. The highest BCUT2D eigenvalue weighted by atomic mass is 16.3. The van der Waals surface area contributed by atoms with E-state index < -0.39 is 0 Å². The first kappa shape index (κ1) is 15.0. The summed E-state index contributed by atoms with van der Waals surface area (Å²) in [6.07, 6.45) is 10.5. The Morgan fingerprint density at radius 2 is 1.88 bits per heavy atom. The number of hydrogen-bond acceptors (Lipinski definition) is 2. The molecule has 0 aromatic heterocycles.